The Morgan fingerprint density at radius 2 is 2.11 bits per heavy atom. The number of nitrogens with one attached hydrogen (secondary N) is 2. The van der Waals surface area contributed by atoms with Crippen molar-refractivity contribution in [1.82, 2.24) is 15.5 Å². The molecule has 5 nitrogen and oxygen atoms in total. The highest BCUT2D eigenvalue weighted by atomic mass is 16.3. The molecule has 0 spiro atoms. The van der Waals surface area contributed by atoms with Crippen molar-refractivity contribution in [2.45, 2.75) is 13.0 Å². The lowest BCUT2D eigenvalue weighted by molar-refractivity contribution is 0.192. The van der Waals surface area contributed by atoms with Crippen molar-refractivity contribution < 1.29 is 5.11 Å². The molecule has 1 aromatic carbocycles. The van der Waals surface area contributed by atoms with Gasteiger partial charge in [-0.2, -0.15) is 5.10 Å². The van der Waals surface area contributed by atoms with Crippen molar-refractivity contribution in [3.63, 3.8) is 0 Å². The number of nitrogens with zero attached hydrogens (tertiary/aromatic N) is 2. The van der Waals surface area contributed by atoms with Crippen LogP contribution in [0.25, 0.3) is 10.8 Å². The Morgan fingerprint density at radius 1 is 1.28 bits per heavy atom. The van der Waals surface area contributed by atoms with Crippen LogP contribution in [0.15, 0.2) is 30.5 Å². The zero-order valence-corrected chi connectivity index (χ0v) is 10.4. The van der Waals surface area contributed by atoms with E-state index >= 15 is 0 Å². The van der Waals surface area contributed by atoms with Crippen LogP contribution in [0.3, 0.4) is 0 Å². The van der Waals surface area contributed by atoms with Crippen LogP contribution in [0.4, 0.5) is 5.82 Å². The van der Waals surface area contributed by atoms with Crippen LogP contribution in [0, 0.1) is 0 Å². The predicted molar refractivity (Wildman–Crippen MR) is 72.6 cm³/mol. The number of aliphatic hydroxyl groups is 1. The molecule has 0 aliphatic rings. The van der Waals surface area contributed by atoms with Crippen LogP contribution < -0.4 is 10.6 Å². The third-order valence-corrected chi connectivity index (χ3v) is 2.60. The number of aromatic nitrogens is 2. The number of fused-ring (bicyclic) bond motifs is 1. The Labute approximate surface area is 106 Å². The maximum atomic E-state index is 9.10. The zero-order valence-electron chi connectivity index (χ0n) is 10.4. The van der Waals surface area contributed by atoms with Gasteiger partial charge in [0.2, 0.25) is 0 Å². The highest BCUT2D eigenvalue weighted by molar-refractivity contribution is 5.90. The second-order valence-corrected chi connectivity index (χ2v) is 4.26. The quantitative estimate of drug-likeness (QED) is 0.664. The fraction of sp³-hybridized carbons (Fsp3) is 0.385. The molecular weight excluding hydrogens is 228 g/mol. The lowest BCUT2D eigenvalue weighted by atomic mass is 10.2. The number of aliphatic hydroxyl groups excluding tert-OH is 1. The van der Waals surface area contributed by atoms with Crippen LogP contribution in [0.5, 0.6) is 0 Å². The Bertz CT molecular complexity index is 496. The van der Waals surface area contributed by atoms with Gasteiger partial charge in [0.25, 0.3) is 0 Å². The Balaban J connectivity index is 1.91. The largest absolute Gasteiger partial charge is 0.392 e. The second kappa shape index (κ2) is 6.28. The molecule has 5 heteroatoms. The minimum absolute atomic E-state index is 0.317. The Kier molecular flexibility index (Phi) is 4.44. The first-order valence-electron chi connectivity index (χ1n) is 6.10. The molecule has 1 heterocycles. The zero-order chi connectivity index (χ0) is 12.8. The molecule has 0 aliphatic heterocycles. The monoisotopic (exact) mass is 246 g/mol. The van der Waals surface area contributed by atoms with Gasteiger partial charge in [-0.1, -0.05) is 24.3 Å². The van der Waals surface area contributed by atoms with Crippen molar-refractivity contribution in [3.05, 3.63) is 30.5 Å². The van der Waals surface area contributed by atoms with Crippen molar-refractivity contribution in [2.24, 2.45) is 0 Å². The number of hydrogen-bond acceptors (Lipinski definition) is 5. The normalized spacial score (nSPS) is 12.6. The summed E-state index contributed by atoms with van der Waals surface area (Å²) in [6.45, 7) is 3.88. The third kappa shape index (κ3) is 3.38. The van der Waals surface area contributed by atoms with E-state index in [-0.39, 0.29) is 6.10 Å². The molecule has 0 saturated heterocycles. The van der Waals surface area contributed by atoms with Crippen molar-refractivity contribution in [1.29, 1.82) is 0 Å². The summed E-state index contributed by atoms with van der Waals surface area (Å²) in [6.07, 6.45) is 1.44. The number of anilines is 1. The average molecular weight is 246 g/mol. The average Bonchev–Trinajstić information content (AvgIpc) is 2.38. The minimum atomic E-state index is -0.317. The van der Waals surface area contributed by atoms with Crippen LogP contribution >= 0.6 is 0 Å². The van der Waals surface area contributed by atoms with E-state index in [2.05, 4.69) is 20.8 Å². The summed E-state index contributed by atoms with van der Waals surface area (Å²) in [5.74, 6) is 0.798. The molecule has 96 valence electrons. The van der Waals surface area contributed by atoms with Gasteiger partial charge < -0.3 is 15.7 Å². The summed E-state index contributed by atoms with van der Waals surface area (Å²) in [5, 5.41) is 25.7. The van der Waals surface area contributed by atoms with Gasteiger partial charge in [-0.05, 0) is 6.92 Å². The summed E-state index contributed by atoms with van der Waals surface area (Å²) in [7, 11) is 0. The molecule has 0 radical (unpaired) electrons. The first-order valence-corrected chi connectivity index (χ1v) is 6.10. The highest BCUT2D eigenvalue weighted by Gasteiger charge is 2.01. The molecule has 0 bridgehead atoms. The van der Waals surface area contributed by atoms with Gasteiger partial charge in [0, 0.05) is 30.4 Å². The molecule has 2 rings (SSSR count). The fourth-order valence-electron chi connectivity index (χ4n) is 1.74. The van der Waals surface area contributed by atoms with Gasteiger partial charge in [0.1, 0.15) is 0 Å². The maximum Gasteiger partial charge on any atom is 0.156 e. The van der Waals surface area contributed by atoms with E-state index < -0.39 is 0 Å². The summed E-state index contributed by atoms with van der Waals surface area (Å²) < 4.78 is 0. The predicted octanol–water partition coefficient (Wildman–Crippen LogP) is 1.01. The van der Waals surface area contributed by atoms with Gasteiger partial charge in [0.05, 0.1) is 12.3 Å². The lowest BCUT2D eigenvalue weighted by Crippen LogP contribution is -2.29. The maximum absolute atomic E-state index is 9.10. The topological polar surface area (TPSA) is 70.1 Å². The summed E-state index contributed by atoms with van der Waals surface area (Å²) in [5.41, 5.74) is 0. The molecule has 1 atom stereocenters. The molecule has 2 aromatic rings. The van der Waals surface area contributed by atoms with Crippen molar-refractivity contribution in [3.8, 4) is 0 Å². The lowest BCUT2D eigenvalue weighted by Gasteiger charge is -2.09. The van der Waals surface area contributed by atoms with E-state index in [4.69, 9.17) is 5.11 Å². The van der Waals surface area contributed by atoms with Gasteiger partial charge in [-0.3, -0.25) is 0 Å². The third-order valence-electron chi connectivity index (χ3n) is 2.60. The number of hydrogen-bond donors (Lipinski definition) is 3. The SMILES string of the molecule is CC(O)CNCCNc1nncc2ccccc12. The first-order chi connectivity index (χ1) is 8.77. The molecule has 0 saturated carbocycles. The van der Waals surface area contributed by atoms with Gasteiger partial charge >= 0.3 is 0 Å². The molecule has 0 aliphatic carbocycles. The molecule has 1 aromatic heterocycles. The van der Waals surface area contributed by atoms with E-state index in [1.807, 2.05) is 24.3 Å². The van der Waals surface area contributed by atoms with E-state index in [0.717, 1.165) is 29.7 Å². The van der Waals surface area contributed by atoms with Gasteiger partial charge in [-0.25, -0.2) is 0 Å². The van der Waals surface area contributed by atoms with Crippen LogP contribution in [0.1, 0.15) is 6.92 Å². The van der Waals surface area contributed by atoms with Gasteiger partial charge in [0.15, 0.2) is 5.82 Å². The molecule has 18 heavy (non-hydrogen) atoms. The van der Waals surface area contributed by atoms with Gasteiger partial charge in [-0.15, -0.1) is 5.10 Å². The van der Waals surface area contributed by atoms with Crippen LogP contribution in [-0.4, -0.2) is 41.0 Å². The Morgan fingerprint density at radius 3 is 2.94 bits per heavy atom. The van der Waals surface area contributed by atoms with Crippen molar-refractivity contribution in [2.75, 3.05) is 25.0 Å². The van der Waals surface area contributed by atoms with E-state index in [1.54, 1.807) is 13.1 Å². The van der Waals surface area contributed by atoms with E-state index in [9.17, 15) is 0 Å². The molecule has 1 unspecified atom stereocenters. The summed E-state index contributed by atoms with van der Waals surface area (Å²) >= 11 is 0. The summed E-state index contributed by atoms with van der Waals surface area (Å²) in [6, 6.07) is 8.01. The molecule has 0 amide bonds. The molecular formula is C13H18N4O. The van der Waals surface area contributed by atoms with Crippen molar-refractivity contribution >= 4 is 16.6 Å². The molecule has 0 fully saturated rings. The number of benzene rings is 1. The number of rotatable bonds is 6. The standard InChI is InChI=1S/C13H18N4O/c1-10(18)8-14-6-7-15-13-12-5-3-2-4-11(12)9-16-17-13/h2-5,9-10,14,18H,6-8H2,1H3,(H,15,17). The van der Waals surface area contributed by atoms with Crippen LogP contribution in [0.2, 0.25) is 0 Å². The Hall–Kier alpha value is -1.72. The second-order valence-electron chi connectivity index (χ2n) is 4.26. The minimum Gasteiger partial charge on any atom is -0.392 e. The smallest absolute Gasteiger partial charge is 0.156 e. The highest BCUT2D eigenvalue weighted by Crippen LogP contribution is 2.18. The van der Waals surface area contributed by atoms with E-state index in [0.29, 0.717) is 6.54 Å². The first kappa shape index (κ1) is 12.7. The molecule has 3 N–H and O–H groups in total. The fourth-order valence-corrected chi connectivity index (χ4v) is 1.74. The van der Waals surface area contributed by atoms with E-state index in [1.165, 1.54) is 0 Å². The van der Waals surface area contributed by atoms with Crippen LogP contribution in [-0.2, 0) is 0 Å². The summed E-state index contributed by atoms with van der Waals surface area (Å²) in [4.78, 5) is 0.